The lowest BCUT2D eigenvalue weighted by Gasteiger charge is -2.02. The van der Waals surface area contributed by atoms with Crippen molar-refractivity contribution in [2.75, 3.05) is 20.1 Å². The third-order valence-electron chi connectivity index (χ3n) is 2.89. The average Bonchev–Trinajstić information content (AvgIpc) is 2.88. The van der Waals surface area contributed by atoms with Gasteiger partial charge in [-0.15, -0.1) is 11.3 Å². The van der Waals surface area contributed by atoms with Gasteiger partial charge >= 0.3 is 0 Å². The second kappa shape index (κ2) is 7.17. The summed E-state index contributed by atoms with van der Waals surface area (Å²) >= 11 is 1.58. The van der Waals surface area contributed by atoms with Gasteiger partial charge in [-0.3, -0.25) is 4.79 Å². The van der Waals surface area contributed by atoms with E-state index in [1.54, 1.807) is 11.3 Å². The van der Waals surface area contributed by atoms with Gasteiger partial charge in [0.1, 0.15) is 5.01 Å². The van der Waals surface area contributed by atoms with Crippen molar-refractivity contribution in [1.29, 1.82) is 0 Å². The minimum atomic E-state index is 0.0148. The molecule has 0 radical (unpaired) electrons. The minimum absolute atomic E-state index is 0.0148. The summed E-state index contributed by atoms with van der Waals surface area (Å²) in [6.45, 7) is 3.48. The molecule has 0 saturated carbocycles. The minimum Gasteiger partial charge on any atom is -0.354 e. The summed E-state index contributed by atoms with van der Waals surface area (Å²) < 4.78 is 0. The molecule has 5 heteroatoms. The number of carbonyl (C=O) groups is 1. The number of aromatic nitrogens is 1. The maximum absolute atomic E-state index is 11.7. The Hall–Kier alpha value is -1.72. The summed E-state index contributed by atoms with van der Waals surface area (Å²) in [4.78, 5) is 16.2. The van der Waals surface area contributed by atoms with Crippen LogP contribution < -0.4 is 10.6 Å². The van der Waals surface area contributed by atoms with Crippen LogP contribution in [0.2, 0.25) is 0 Å². The first-order valence-corrected chi connectivity index (χ1v) is 7.50. The zero-order valence-corrected chi connectivity index (χ0v) is 12.6. The van der Waals surface area contributed by atoms with Gasteiger partial charge in [0.05, 0.1) is 12.1 Å². The van der Waals surface area contributed by atoms with Gasteiger partial charge in [-0.1, -0.05) is 29.8 Å². The number of nitrogens with one attached hydrogen (secondary N) is 2. The van der Waals surface area contributed by atoms with Gasteiger partial charge in [-0.25, -0.2) is 4.98 Å². The quantitative estimate of drug-likeness (QED) is 0.800. The van der Waals surface area contributed by atoms with E-state index >= 15 is 0 Å². The number of nitrogens with zero attached hydrogens (tertiary/aromatic N) is 1. The lowest BCUT2D eigenvalue weighted by molar-refractivity contribution is -0.120. The van der Waals surface area contributed by atoms with Crippen molar-refractivity contribution >= 4 is 17.2 Å². The van der Waals surface area contributed by atoms with E-state index in [1.165, 1.54) is 5.56 Å². The first-order chi connectivity index (χ1) is 9.69. The molecule has 0 aliphatic rings. The van der Waals surface area contributed by atoms with E-state index in [-0.39, 0.29) is 5.91 Å². The average molecular weight is 289 g/mol. The Labute approximate surface area is 123 Å². The van der Waals surface area contributed by atoms with Crippen LogP contribution in [-0.4, -0.2) is 31.0 Å². The number of hydrogen-bond acceptors (Lipinski definition) is 4. The molecular weight excluding hydrogens is 270 g/mol. The molecule has 0 atom stereocenters. The van der Waals surface area contributed by atoms with Crippen LogP contribution in [0, 0.1) is 6.92 Å². The monoisotopic (exact) mass is 289 g/mol. The molecule has 0 fully saturated rings. The molecule has 20 heavy (non-hydrogen) atoms. The highest BCUT2D eigenvalue weighted by Gasteiger charge is 2.08. The van der Waals surface area contributed by atoms with E-state index in [0.717, 1.165) is 22.8 Å². The molecule has 0 spiro atoms. The number of hydrogen-bond donors (Lipinski definition) is 2. The normalized spacial score (nSPS) is 10.5. The molecule has 0 aliphatic heterocycles. The molecule has 0 unspecified atom stereocenters. The van der Waals surface area contributed by atoms with Crippen molar-refractivity contribution in [3.8, 4) is 10.6 Å². The van der Waals surface area contributed by atoms with Gasteiger partial charge in [-0.05, 0) is 14.0 Å². The highest BCUT2D eigenvalue weighted by Crippen LogP contribution is 2.24. The van der Waals surface area contributed by atoms with Crippen LogP contribution in [0.1, 0.15) is 11.3 Å². The molecule has 1 heterocycles. The summed E-state index contributed by atoms with van der Waals surface area (Å²) in [7, 11) is 1.86. The largest absolute Gasteiger partial charge is 0.354 e. The van der Waals surface area contributed by atoms with Gasteiger partial charge in [0.25, 0.3) is 0 Å². The molecule has 2 rings (SSSR count). The van der Waals surface area contributed by atoms with Crippen molar-refractivity contribution in [1.82, 2.24) is 15.6 Å². The summed E-state index contributed by atoms with van der Waals surface area (Å²) in [5, 5.41) is 8.75. The number of likely N-dealkylation sites (N-methyl/N-ethyl adjacent to an activating group) is 1. The van der Waals surface area contributed by atoms with Crippen molar-refractivity contribution in [2.45, 2.75) is 13.3 Å². The van der Waals surface area contributed by atoms with Gasteiger partial charge in [0, 0.05) is 24.0 Å². The van der Waals surface area contributed by atoms with Crippen molar-refractivity contribution < 1.29 is 4.79 Å². The molecule has 0 saturated heterocycles. The summed E-state index contributed by atoms with van der Waals surface area (Å²) in [6, 6.07) is 8.26. The summed E-state index contributed by atoms with van der Waals surface area (Å²) in [6.07, 6.45) is 0.339. The van der Waals surface area contributed by atoms with Crippen LogP contribution in [0.15, 0.2) is 29.6 Å². The lowest BCUT2D eigenvalue weighted by atomic mass is 10.2. The molecule has 2 N–H and O–H groups in total. The van der Waals surface area contributed by atoms with E-state index in [2.05, 4.69) is 46.8 Å². The molecule has 1 aromatic heterocycles. The van der Waals surface area contributed by atoms with E-state index in [9.17, 15) is 4.79 Å². The van der Waals surface area contributed by atoms with Gasteiger partial charge < -0.3 is 10.6 Å². The Morgan fingerprint density at radius 1 is 1.25 bits per heavy atom. The second-order valence-corrected chi connectivity index (χ2v) is 5.50. The number of amides is 1. The third kappa shape index (κ3) is 4.15. The first-order valence-electron chi connectivity index (χ1n) is 6.62. The van der Waals surface area contributed by atoms with Crippen LogP contribution >= 0.6 is 11.3 Å². The fourth-order valence-corrected chi connectivity index (χ4v) is 2.60. The molecule has 1 aromatic carbocycles. The van der Waals surface area contributed by atoms with E-state index in [0.29, 0.717) is 13.0 Å². The maximum Gasteiger partial charge on any atom is 0.226 e. The molecule has 1 amide bonds. The molecule has 106 valence electrons. The standard InChI is InChI=1S/C15H19N3OS/c1-11-3-5-12(6-4-11)15-18-13(10-20-15)9-14(19)17-8-7-16-2/h3-6,10,16H,7-9H2,1-2H3,(H,17,19). The first kappa shape index (κ1) is 14.7. The van der Waals surface area contributed by atoms with Crippen molar-refractivity contribution in [2.24, 2.45) is 0 Å². The number of thiazole rings is 1. The van der Waals surface area contributed by atoms with Gasteiger partial charge in [0.2, 0.25) is 5.91 Å². The van der Waals surface area contributed by atoms with E-state index in [4.69, 9.17) is 0 Å². The smallest absolute Gasteiger partial charge is 0.226 e. The predicted octanol–water partition coefficient (Wildman–Crippen LogP) is 2.00. The number of carbonyl (C=O) groups excluding carboxylic acids is 1. The molecule has 0 aliphatic carbocycles. The molecule has 4 nitrogen and oxygen atoms in total. The second-order valence-electron chi connectivity index (χ2n) is 4.64. The highest BCUT2D eigenvalue weighted by atomic mass is 32.1. The topological polar surface area (TPSA) is 54.0 Å². The summed E-state index contributed by atoms with van der Waals surface area (Å²) in [5.74, 6) is 0.0148. The molecular formula is C15H19N3OS. The number of rotatable bonds is 6. The fourth-order valence-electron chi connectivity index (χ4n) is 1.77. The molecule has 0 bridgehead atoms. The SMILES string of the molecule is CNCCNC(=O)Cc1csc(-c2ccc(C)cc2)n1. The van der Waals surface area contributed by atoms with Crippen molar-refractivity contribution in [3.63, 3.8) is 0 Å². The highest BCUT2D eigenvalue weighted by molar-refractivity contribution is 7.13. The van der Waals surface area contributed by atoms with E-state index < -0.39 is 0 Å². The molecule has 2 aromatic rings. The van der Waals surface area contributed by atoms with Crippen LogP contribution in [0.5, 0.6) is 0 Å². The Bertz CT molecular complexity index is 563. The Morgan fingerprint density at radius 2 is 2.00 bits per heavy atom. The van der Waals surface area contributed by atoms with Crippen LogP contribution in [0.3, 0.4) is 0 Å². The summed E-state index contributed by atoms with van der Waals surface area (Å²) in [5.41, 5.74) is 3.16. The maximum atomic E-state index is 11.7. The number of benzene rings is 1. The van der Waals surface area contributed by atoms with Crippen LogP contribution in [0.25, 0.3) is 10.6 Å². The zero-order chi connectivity index (χ0) is 14.4. The Balaban J connectivity index is 1.95. The Morgan fingerprint density at radius 3 is 2.70 bits per heavy atom. The number of aryl methyl sites for hydroxylation is 1. The predicted molar refractivity (Wildman–Crippen MR) is 82.9 cm³/mol. The fraction of sp³-hybridized carbons (Fsp3) is 0.333. The van der Waals surface area contributed by atoms with Crippen molar-refractivity contribution in [3.05, 3.63) is 40.9 Å². The third-order valence-corrected chi connectivity index (χ3v) is 3.83. The lowest BCUT2D eigenvalue weighted by Crippen LogP contribution is -2.31. The van der Waals surface area contributed by atoms with Crippen LogP contribution in [0.4, 0.5) is 0 Å². The Kier molecular flexibility index (Phi) is 5.26. The van der Waals surface area contributed by atoms with Crippen LogP contribution in [-0.2, 0) is 11.2 Å². The van der Waals surface area contributed by atoms with E-state index in [1.807, 2.05) is 12.4 Å². The zero-order valence-electron chi connectivity index (χ0n) is 11.8. The van der Waals surface area contributed by atoms with Gasteiger partial charge in [-0.2, -0.15) is 0 Å². The van der Waals surface area contributed by atoms with Gasteiger partial charge in [0.15, 0.2) is 0 Å².